The minimum atomic E-state index is -0.953. The number of rotatable bonds is 4. The van der Waals surface area contributed by atoms with Gasteiger partial charge < -0.3 is 10.0 Å². The van der Waals surface area contributed by atoms with Crippen LogP contribution in [0.15, 0.2) is 18.2 Å². The maximum Gasteiger partial charge on any atom is 0.335 e. The number of aromatic carboxylic acids is 1. The number of hydrogen-bond donors (Lipinski definition) is 1. The SMILES string of the molecule is CC(C)CCN1C(=O)Cc2cc(C(=O)O)ccc21. The summed E-state index contributed by atoms with van der Waals surface area (Å²) >= 11 is 0. The molecule has 4 heteroatoms. The van der Waals surface area contributed by atoms with E-state index in [1.165, 1.54) is 0 Å². The van der Waals surface area contributed by atoms with Gasteiger partial charge in [-0.15, -0.1) is 0 Å². The van der Waals surface area contributed by atoms with E-state index in [-0.39, 0.29) is 11.5 Å². The molecule has 1 aromatic rings. The molecular weight excluding hydrogens is 230 g/mol. The van der Waals surface area contributed by atoms with Crippen molar-refractivity contribution < 1.29 is 14.7 Å². The molecule has 1 aromatic carbocycles. The van der Waals surface area contributed by atoms with E-state index in [4.69, 9.17) is 5.11 Å². The Hall–Kier alpha value is -1.84. The van der Waals surface area contributed by atoms with Crippen molar-refractivity contribution in [2.24, 2.45) is 5.92 Å². The smallest absolute Gasteiger partial charge is 0.335 e. The monoisotopic (exact) mass is 247 g/mol. The third kappa shape index (κ3) is 2.37. The summed E-state index contributed by atoms with van der Waals surface area (Å²) in [6.07, 6.45) is 1.26. The molecule has 4 nitrogen and oxygen atoms in total. The summed E-state index contributed by atoms with van der Waals surface area (Å²) < 4.78 is 0. The highest BCUT2D eigenvalue weighted by Crippen LogP contribution is 2.30. The Labute approximate surface area is 106 Å². The Kier molecular flexibility index (Phi) is 3.36. The number of hydrogen-bond acceptors (Lipinski definition) is 2. The Balaban J connectivity index is 2.24. The van der Waals surface area contributed by atoms with Crippen LogP contribution < -0.4 is 4.90 Å². The van der Waals surface area contributed by atoms with E-state index in [0.717, 1.165) is 17.7 Å². The highest BCUT2D eigenvalue weighted by Gasteiger charge is 2.27. The number of carbonyl (C=O) groups is 2. The lowest BCUT2D eigenvalue weighted by molar-refractivity contribution is -0.117. The number of carbonyl (C=O) groups excluding carboxylic acids is 1. The van der Waals surface area contributed by atoms with Gasteiger partial charge in [0.1, 0.15) is 0 Å². The number of carboxylic acid groups (broad SMARTS) is 1. The van der Waals surface area contributed by atoms with Gasteiger partial charge in [-0.3, -0.25) is 4.79 Å². The van der Waals surface area contributed by atoms with Crippen LogP contribution in [-0.2, 0) is 11.2 Å². The van der Waals surface area contributed by atoms with Crippen LogP contribution in [0.25, 0.3) is 0 Å². The summed E-state index contributed by atoms with van der Waals surface area (Å²) in [4.78, 5) is 24.5. The van der Waals surface area contributed by atoms with Gasteiger partial charge in [0.25, 0.3) is 0 Å². The van der Waals surface area contributed by atoms with Crippen LogP contribution in [0.3, 0.4) is 0 Å². The molecule has 1 heterocycles. The second-order valence-electron chi connectivity index (χ2n) is 5.05. The molecule has 0 aliphatic carbocycles. The normalized spacial score (nSPS) is 14.2. The third-order valence-electron chi connectivity index (χ3n) is 3.19. The first kappa shape index (κ1) is 12.6. The number of anilines is 1. The van der Waals surface area contributed by atoms with E-state index in [1.807, 2.05) is 0 Å². The van der Waals surface area contributed by atoms with Crippen LogP contribution in [0, 0.1) is 5.92 Å². The lowest BCUT2D eigenvalue weighted by atomic mass is 10.1. The van der Waals surface area contributed by atoms with Gasteiger partial charge in [0.15, 0.2) is 0 Å². The molecule has 0 saturated carbocycles. The molecule has 18 heavy (non-hydrogen) atoms. The summed E-state index contributed by atoms with van der Waals surface area (Å²) in [5.41, 5.74) is 1.93. The van der Waals surface area contributed by atoms with Crippen molar-refractivity contribution in [1.29, 1.82) is 0 Å². The number of fused-ring (bicyclic) bond motifs is 1. The molecule has 1 aliphatic heterocycles. The van der Waals surface area contributed by atoms with Gasteiger partial charge in [0.2, 0.25) is 5.91 Å². The van der Waals surface area contributed by atoms with Gasteiger partial charge in [0.05, 0.1) is 12.0 Å². The largest absolute Gasteiger partial charge is 0.478 e. The zero-order valence-corrected chi connectivity index (χ0v) is 10.6. The van der Waals surface area contributed by atoms with Crippen molar-refractivity contribution in [2.45, 2.75) is 26.7 Å². The molecule has 0 unspecified atom stereocenters. The average Bonchev–Trinajstić information content (AvgIpc) is 2.60. The van der Waals surface area contributed by atoms with E-state index >= 15 is 0 Å². The first-order chi connectivity index (χ1) is 8.49. The van der Waals surface area contributed by atoms with E-state index in [9.17, 15) is 9.59 Å². The molecule has 0 fully saturated rings. The molecule has 0 radical (unpaired) electrons. The van der Waals surface area contributed by atoms with Crippen molar-refractivity contribution >= 4 is 17.6 Å². The Morgan fingerprint density at radius 3 is 2.78 bits per heavy atom. The number of benzene rings is 1. The quantitative estimate of drug-likeness (QED) is 0.888. The third-order valence-corrected chi connectivity index (χ3v) is 3.19. The van der Waals surface area contributed by atoms with Crippen molar-refractivity contribution in [3.8, 4) is 0 Å². The van der Waals surface area contributed by atoms with Crippen LogP contribution >= 0.6 is 0 Å². The summed E-state index contributed by atoms with van der Waals surface area (Å²) in [5.74, 6) is -0.348. The first-order valence-corrected chi connectivity index (χ1v) is 6.15. The van der Waals surface area contributed by atoms with Crippen LogP contribution in [-0.4, -0.2) is 23.5 Å². The fourth-order valence-corrected chi connectivity index (χ4v) is 2.15. The molecule has 0 saturated heterocycles. The predicted molar refractivity (Wildman–Crippen MR) is 68.9 cm³/mol. The summed E-state index contributed by atoms with van der Waals surface area (Å²) in [7, 11) is 0. The molecule has 1 N–H and O–H groups in total. The van der Waals surface area contributed by atoms with Crippen LogP contribution in [0.5, 0.6) is 0 Å². The van der Waals surface area contributed by atoms with Gasteiger partial charge in [-0.25, -0.2) is 4.79 Å². The lowest BCUT2D eigenvalue weighted by Gasteiger charge is -2.18. The van der Waals surface area contributed by atoms with Crippen molar-refractivity contribution in [3.05, 3.63) is 29.3 Å². The summed E-state index contributed by atoms with van der Waals surface area (Å²) in [6, 6.07) is 4.90. The molecule has 0 atom stereocenters. The summed E-state index contributed by atoms with van der Waals surface area (Å²) in [6.45, 7) is 4.94. The zero-order chi connectivity index (χ0) is 13.3. The Bertz CT molecular complexity index is 494. The maximum absolute atomic E-state index is 11.9. The predicted octanol–water partition coefficient (Wildman–Crippen LogP) is 2.32. The molecule has 0 aromatic heterocycles. The Morgan fingerprint density at radius 2 is 2.17 bits per heavy atom. The molecular formula is C14H17NO3. The van der Waals surface area contributed by atoms with Crippen LogP contribution in [0.4, 0.5) is 5.69 Å². The van der Waals surface area contributed by atoms with Crippen molar-refractivity contribution in [2.75, 3.05) is 11.4 Å². The standard InChI is InChI=1S/C14H17NO3/c1-9(2)5-6-15-12-4-3-10(14(17)18)7-11(12)8-13(15)16/h3-4,7,9H,5-6,8H2,1-2H3,(H,17,18). The van der Waals surface area contributed by atoms with Crippen LogP contribution in [0.1, 0.15) is 36.2 Å². The van der Waals surface area contributed by atoms with Crippen molar-refractivity contribution in [1.82, 2.24) is 0 Å². The molecule has 1 amide bonds. The average molecular weight is 247 g/mol. The van der Waals surface area contributed by atoms with E-state index in [0.29, 0.717) is 18.9 Å². The highest BCUT2D eigenvalue weighted by atomic mass is 16.4. The molecule has 0 bridgehead atoms. The van der Waals surface area contributed by atoms with E-state index in [2.05, 4.69) is 13.8 Å². The fourth-order valence-electron chi connectivity index (χ4n) is 2.15. The zero-order valence-electron chi connectivity index (χ0n) is 10.6. The van der Waals surface area contributed by atoms with Gasteiger partial charge in [-0.2, -0.15) is 0 Å². The maximum atomic E-state index is 11.9. The minimum Gasteiger partial charge on any atom is -0.478 e. The topological polar surface area (TPSA) is 57.6 Å². The molecule has 2 rings (SSSR count). The van der Waals surface area contributed by atoms with Crippen molar-refractivity contribution in [3.63, 3.8) is 0 Å². The number of nitrogens with zero attached hydrogens (tertiary/aromatic N) is 1. The van der Waals surface area contributed by atoms with Gasteiger partial charge >= 0.3 is 5.97 Å². The van der Waals surface area contributed by atoms with E-state index in [1.54, 1.807) is 23.1 Å². The van der Waals surface area contributed by atoms with E-state index < -0.39 is 5.97 Å². The fraction of sp³-hybridized carbons (Fsp3) is 0.429. The van der Waals surface area contributed by atoms with Gasteiger partial charge in [-0.05, 0) is 36.1 Å². The molecule has 96 valence electrons. The summed E-state index contributed by atoms with van der Waals surface area (Å²) in [5, 5.41) is 8.93. The highest BCUT2D eigenvalue weighted by molar-refractivity contribution is 6.02. The lowest BCUT2D eigenvalue weighted by Crippen LogP contribution is -2.28. The number of amides is 1. The first-order valence-electron chi connectivity index (χ1n) is 6.15. The second-order valence-corrected chi connectivity index (χ2v) is 5.05. The minimum absolute atomic E-state index is 0.0631. The molecule has 0 spiro atoms. The van der Waals surface area contributed by atoms with Gasteiger partial charge in [0, 0.05) is 12.2 Å². The molecule has 1 aliphatic rings. The van der Waals surface area contributed by atoms with Crippen LogP contribution in [0.2, 0.25) is 0 Å². The second kappa shape index (κ2) is 4.80. The van der Waals surface area contributed by atoms with Gasteiger partial charge in [-0.1, -0.05) is 13.8 Å². The Morgan fingerprint density at radius 1 is 1.44 bits per heavy atom. The number of carboxylic acids is 1.